The van der Waals surface area contributed by atoms with Crippen LogP contribution in [0.4, 0.5) is 5.69 Å². The second kappa shape index (κ2) is 4.68. The molecule has 1 aromatic carbocycles. The molecule has 1 N–H and O–H groups in total. The molecule has 126 valence electrons. The van der Waals surface area contributed by atoms with Crippen LogP contribution in [0.3, 0.4) is 0 Å². The number of nitrogens with one attached hydrogen (secondary N) is 1. The van der Waals surface area contributed by atoms with Crippen molar-refractivity contribution in [3.8, 4) is 0 Å². The molecule has 1 saturated heterocycles. The second-order valence-corrected chi connectivity index (χ2v) is 8.21. The number of nitrogens with zero attached hydrogens (tertiary/aromatic N) is 1. The summed E-state index contributed by atoms with van der Waals surface area (Å²) in [6, 6.07) is 5.64. The van der Waals surface area contributed by atoms with Gasteiger partial charge in [0.1, 0.15) is 6.04 Å². The van der Waals surface area contributed by atoms with Crippen LogP contribution in [0.15, 0.2) is 18.2 Å². The summed E-state index contributed by atoms with van der Waals surface area (Å²) in [6.07, 6.45) is 2.36. The van der Waals surface area contributed by atoms with E-state index in [9.17, 15) is 14.4 Å². The molecule has 1 atom stereocenters. The van der Waals surface area contributed by atoms with Crippen molar-refractivity contribution in [3.63, 3.8) is 0 Å². The number of piperidine rings is 1. The van der Waals surface area contributed by atoms with Crippen molar-refractivity contribution in [2.75, 3.05) is 4.90 Å². The van der Waals surface area contributed by atoms with Crippen molar-refractivity contribution < 1.29 is 14.4 Å². The van der Waals surface area contributed by atoms with E-state index in [4.69, 9.17) is 0 Å². The van der Waals surface area contributed by atoms with E-state index in [-0.39, 0.29) is 29.6 Å². The van der Waals surface area contributed by atoms with Crippen molar-refractivity contribution in [1.82, 2.24) is 5.32 Å². The number of carbonyl (C=O) groups is 3. The van der Waals surface area contributed by atoms with Gasteiger partial charge >= 0.3 is 0 Å². The summed E-state index contributed by atoms with van der Waals surface area (Å²) in [6.45, 7) is 6.40. The highest BCUT2D eigenvalue weighted by Crippen LogP contribution is 2.58. The van der Waals surface area contributed by atoms with Gasteiger partial charge in [-0.25, -0.2) is 0 Å². The molecule has 1 aromatic rings. The normalized spacial score (nSPS) is 25.0. The smallest absolute Gasteiger partial charge is 0.249 e. The number of anilines is 1. The van der Waals surface area contributed by atoms with Crippen molar-refractivity contribution in [2.45, 2.75) is 63.3 Å². The molecule has 24 heavy (non-hydrogen) atoms. The fourth-order valence-corrected chi connectivity index (χ4v) is 3.90. The first-order chi connectivity index (χ1) is 11.2. The lowest BCUT2D eigenvalue weighted by atomic mass is 9.85. The largest absolute Gasteiger partial charge is 0.299 e. The Bertz CT molecular complexity index is 771. The zero-order chi connectivity index (χ0) is 17.3. The average molecular weight is 326 g/mol. The van der Waals surface area contributed by atoms with Crippen LogP contribution in [0.2, 0.25) is 0 Å². The van der Waals surface area contributed by atoms with Gasteiger partial charge in [-0.15, -0.1) is 0 Å². The van der Waals surface area contributed by atoms with E-state index in [2.05, 4.69) is 44.3 Å². The first-order valence-corrected chi connectivity index (χ1v) is 8.56. The Labute approximate surface area is 141 Å². The molecule has 4 rings (SSSR count). The van der Waals surface area contributed by atoms with Gasteiger partial charge in [-0.3, -0.25) is 24.6 Å². The number of benzene rings is 1. The summed E-state index contributed by atoms with van der Waals surface area (Å²) in [5, 5.41) is 2.38. The molecular weight excluding hydrogens is 304 g/mol. The van der Waals surface area contributed by atoms with Crippen LogP contribution in [0.1, 0.15) is 57.6 Å². The van der Waals surface area contributed by atoms with E-state index in [1.54, 1.807) is 4.90 Å². The lowest BCUT2D eigenvalue weighted by molar-refractivity contribution is -0.135. The Morgan fingerprint density at radius 3 is 2.46 bits per heavy atom. The molecule has 5 heteroatoms. The third-order valence-corrected chi connectivity index (χ3v) is 5.54. The maximum absolute atomic E-state index is 13.1. The van der Waals surface area contributed by atoms with E-state index >= 15 is 0 Å². The number of amides is 3. The highest BCUT2D eigenvalue weighted by molar-refractivity contribution is 6.15. The maximum Gasteiger partial charge on any atom is 0.249 e. The van der Waals surface area contributed by atoms with Crippen molar-refractivity contribution in [2.24, 2.45) is 0 Å². The molecule has 2 aliphatic heterocycles. The molecular formula is C19H22N2O3. The Hall–Kier alpha value is -2.17. The summed E-state index contributed by atoms with van der Waals surface area (Å²) in [4.78, 5) is 38.5. The van der Waals surface area contributed by atoms with Crippen LogP contribution >= 0.6 is 0 Å². The fraction of sp³-hybridized carbons (Fsp3) is 0.526. The predicted octanol–water partition coefficient (Wildman–Crippen LogP) is 2.17. The molecule has 2 heterocycles. The van der Waals surface area contributed by atoms with Gasteiger partial charge in [0.05, 0.1) is 5.41 Å². The second-order valence-electron chi connectivity index (χ2n) is 8.21. The van der Waals surface area contributed by atoms with Gasteiger partial charge in [0.2, 0.25) is 17.7 Å². The standard InChI is InChI=1S/C19H22N2O3/c1-18(2,3)11-4-5-12-14(10-11)21(17(24)19(12)8-9-19)13-6-7-15(22)20-16(13)23/h4-5,10,13H,6-9H2,1-3H3,(H,20,22,23). The number of carbonyl (C=O) groups excluding carboxylic acids is 3. The monoisotopic (exact) mass is 326 g/mol. The van der Waals surface area contributed by atoms with E-state index in [0.29, 0.717) is 6.42 Å². The highest BCUT2D eigenvalue weighted by atomic mass is 16.2. The van der Waals surface area contributed by atoms with Crippen LogP contribution in [0.25, 0.3) is 0 Å². The van der Waals surface area contributed by atoms with Gasteiger partial charge in [-0.05, 0) is 41.9 Å². The van der Waals surface area contributed by atoms with Gasteiger partial charge < -0.3 is 0 Å². The first-order valence-electron chi connectivity index (χ1n) is 8.56. The zero-order valence-electron chi connectivity index (χ0n) is 14.3. The summed E-state index contributed by atoms with van der Waals surface area (Å²) in [7, 11) is 0. The minimum absolute atomic E-state index is 0.0260. The maximum atomic E-state index is 13.1. The van der Waals surface area contributed by atoms with Crippen molar-refractivity contribution in [1.29, 1.82) is 0 Å². The molecule has 3 aliphatic rings. The van der Waals surface area contributed by atoms with E-state index in [1.165, 1.54) is 0 Å². The Balaban J connectivity index is 1.81. The number of fused-ring (bicyclic) bond motifs is 2. The number of rotatable bonds is 1. The van der Waals surface area contributed by atoms with Crippen LogP contribution in [-0.2, 0) is 25.2 Å². The molecule has 2 fully saturated rings. The van der Waals surface area contributed by atoms with Crippen LogP contribution < -0.4 is 10.2 Å². The number of hydrogen-bond donors (Lipinski definition) is 1. The first kappa shape index (κ1) is 15.4. The molecule has 5 nitrogen and oxygen atoms in total. The van der Waals surface area contributed by atoms with Crippen molar-refractivity contribution in [3.05, 3.63) is 29.3 Å². The third kappa shape index (κ3) is 2.03. The van der Waals surface area contributed by atoms with Crippen molar-refractivity contribution >= 4 is 23.4 Å². The topological polar surface area (TPSA) is 66.5 Å². The van der Waals surface area contributed by atoms with Gasteiger partial charge in [0, 0.05) is 12.1 Å². The summed E-state index contributed by atoms with van der Waals surface area (Å²) < 4.78 is 0. The molecule has 1 aliphatic carbocycles. The molecule has 1 spiro atoms. The van der Waals surface area contributed by atoms with E-state index in [0.717, 1.165) is 29.7 Å². The van der Waals surface area contributed by atoms with Crippen LogP contribution in [0, 0.1) is 0 Å². The predicted molar refractivity (Wildman–Crippen MR) is 89.7 cm³/mol. The molecule has 1 unspecified atom stereocenters. The summed E-state index contributed by atoms with van der Waals surface area (Å²) in [5.74, 6) is -0.588. The molecule has 0 bridgehead atoms. The number of hydrogen-bond acceptors (Lipinski definition) is 3. The van der Waals surface area contributed by atoms with E-state index in [1.807, 2.05) is 0 Å². The lowest BCUT2D eigenvalue weighted by Gasteiger charge is -2.31. The Kier molecular flexibility index (Phi) is 3.00. The zero-order valence-corrected chi connectivity index (χ0v) is 14.3. The quantitative estimate of drug-likeness (QED) is 0.804. The fourth-order valence-electron chi connectivity index (χ4n) is 3.90. The van der Waals surface area contributed by atoms with Gasteiger partial charge in [0.15, 0.2) is 0 Å². The van der Waals surface area contributed by atoms with Crippen LogP contribution in [0.5, 0.6) is 0 Å². The molecule has 3 amide bonds. The van der Waals surface area contributed by atoms with Gasteiger partial charge in [-0.1, -0.05) is 32.9 Å². The molecule has 0 aromatic heterocycles. The van der Waals surface area contributed by atoms with Crippen LogP contribution in [-0.4, -0.2) is 23.8 Å². The highest BCUT2D eigenvalue weighted by Gasteiger charge is 2.61. The summed E-state index contributed by atoms with van der Waals surface area (Å²) in [5.41, 5.74) is 2.59. The van der Waals surface area contributed by atoms with Gasteiger partial charge in [0.25, 0.3) is 0 Å². The number of imide groups is 1. The SMILES string of the molecule is CC(C)(C)c1ccc2c(c1)N(C1CCC(=O)NC1=O)C(=O)C21CC1. The Morgan fingerprint density at radius 1 is 1.17 bits per heavy atom. The third-order valence-electron chi connectivity index (χ3n) is 5.54. The summed E-state index contributed by atoms with van der Waals surface area (Å²) >= 11 is 0. The molecule has 1 saturated carbocycles. The lowest BCUT2D eigenvalue weighted by Crippen LogP contribution is -2.54. The average Bonchev–Trinajstić information content (AvgIpc) is 3.26. The van der Waals surface area contributed by atoms with Gasteiger partial charge in [-0.2, -0.15) is 0 Å². The minimum atomic E-state index is -0.579. The minimum Gasteiger partial charge on any atom is -0.299 e. The molecule has 0 radical (unpaired) electrons. The van der Waals surface area contributed by atoms with E-state index < -0.39 is 11.5 Å². The Morgan fingerprint density at radius 2 is 1.88 bits per heavy atom.